The summed E-state index contributed by atoms with van der Waals surface area (Å²) in [5.74, 6) is 2.10. The maximum Gasteiger partial charge on any atom is 0.205 e. The van der Waals surface area contributed by atoms with E-state index in [1.807, 2.05) is 17.8 Å². The Morgan fingerprint density at radius 2 is 2.25 bits per heavy atom. The molecule has 2 aliphatic heterocycles. The van der Waals surface area contributed by atoms with Gasteiger partial charge < -0.3 is 10.1 Å². The van der Waals surface area contributed by atoms with Crippen molar-refractivity contribution in [2.75, 3.05) is 23.4 Å². The molecule has 0 aliphatic carbocycles. The first-order valence-corrected chi connectivity index (χ1v) is 10.2. The summed E-state index contributed by atoms with van der Waals surface area (Å²) in [5.41, 5.74) is 0.717. The van der Waals surface area contributed by atoms with Gasteiger partial charge in [0.05, 0.1) is 5.60 Å². The summed E-state index contributed by atoms with van der Waals surface area (Å²) >= 11 is 3.50. The number of benzene rings is 1. The highest BCUT2D eigenvalue weighted by Crippen LogP contribution is 2.39. The van der Waals surface area contributed by atoms with E-state index in [4.69, 9.17) is 4.74 Å². The summed E-state index contributed by atoms with van der Waals surface area (Å²) < 4.78 is 19.8. The highest BCUT2D eigenvalue weighted by molar-refractivity contribution is 7.99. The Balaban J connectivity index is 1.39. The second-order valence-corrected chi connectivity index (χ2v) is 8.60. The number of nitrogens with one attached hydrogen (secondary N) is 1. The average molecular weight is 365 g/mol. The quantitative estimate of drug-likeness (QED) is 0.894. The lowest BCUT2D eigenvalue weighted by molar-refractivity contribution is -0.0628. The summed E-state index contributed by atoms with van der Waals surface area (Å²) in [7, 11) is 0. The fraction of sp³-hybridized carbons (Fsp3) is 0.529. The molecule has 2 aliphatic rings. The zero-order chi connectivity index (χ0) is 16.4. The minimum absolute atomic E-state index is 0.0568. The van der Waals surface area contributed by atoms with Crippen molar-refractivity contribution in [2.24, 2.45) is 0 Å². The van der Waals surface area contributed by atoms with Crippen LogP contribution in [0.25, 0.3) is 0 Å². The molecular weight excluding hydrogens is 345 g/mol. The molecule has 0 radical (unpaired) electrons. The van der Waals surface area contributed by atoms with Gasteiger partial charge in [-0.15, -0.1) is 10.2 Å². The van der Waals surface area contributed by atoms with Gasteiger partial charge in [0.1, 0.15) is 10.8 Å². The Labute approximate surface area is 149 Å². The van der Waals surface area contributed by atoms with Crippen LogP contribution in [0.1, 0.15) is 29.8 Å². The van der Waals surface area contributed by atoms with Crippen LogP contribution >= 0.6 is 23.1 Å². The maximum atomic E-state index is 13.7. The highest BCUT2D eigenvalue weighted by atomic mass is 32.2. The maximum absolute atomic E-state index is 13.7. The predicted molar refractivity (Wildman–Crippen MR) is 96.4 cm³/mol. The molecule has 2 aromatic rings. The lowest BCUT2D eigenvalue weighted by Crippen LogP contribution is -2.44. The predicted octanol–water partition coefficient (Wildman–Crippen LogP) is 3.73. The van der Waals surface area contributed by atoms with E-state index in [0.717, 1.165) is 41.8 Å². The van der Waals surface area contributed by atoms with Crippen molar-refractivity contribution in [3.8, 4) is 0 Å². The van der Waals surface area contributed by atoms with Gasteiger partial charge in [-0.1, -0.05) is 29.5 Å². The van der Waals surface area contributed by atoms with Crippen LogP contribution in [-0.2, 0) is 11.2 Å². The molecule has 0 amide bonds. The van der Waals surface area contributed by atoms with Gasteiger partial charge in [-0.25, -0.2) is 4.39 Å². The van der Waals surface area contributed by atoms with Crippen molar-refractivity contribution in [2.45, 2.75) is 37.3 Å². The largest absolute Gasteiger partial charge is 0.374 e. The molecule has 2 fully saturated rings. The monoisotopic (exact) mass is 365 g/mol. The Bertz CT molecular complexity index is 703. The standard InChI is InChI=1S/C17H20FN3OS2/c18-14-4-2-1-3-12(14)9-15-20-21-16(24-15)19-13-5-7-22-17(10-13)6-8-23-11-17/h1-4,13H,5-11H2,(H,19,21). The van der Waals surface area contributed by atoms with Gasteiger partial charge in [0.25, 0.3) is 0 Å². The molecule has 7 heteroatoms. The van der Waals surface area contributed by atoms with Crippen LogP contribution in [0, 0.1) is 5.82 Å². The summed E-state index contributed by atoms with van der Waals surface area (Å²) in [6.07, 6.45) is 3.65. The second kappa shape index (κ2) is 6.98. The van der Waals surface area contributed by atoms with E-state index < -0.39 is 0 Å². The zero-order valence-electron chi connectivity index (χ0n) is 13.3. The topological polar surface area (TPSA) is 47.0 Å². The molecule has 2 atom stereocenters. The molecule has 1 aromatic carbocycles. The zero-order valence-corrected chi connectivity index (χ0v) is 15.0. The molecule has 1 spiro atoms. The van der Waals surface area contributed by atoms with Crippen molar-refractivity contribution >= 4 is 28.2 Å². The number of hydrogen-bond acceptors (Lipinski definition) is 6. The van der Waals surface area contributed by atoms with Gasteiger partial charge in [0.15, 0.2) is 0 Å². The van der Waals surface area contributed by atoms with Crippen LogP contribution in [0.5, 0.6) is 0 Å². The first-order valence-electron chi connectivity index (χ1n) is 8.26. The third-order valence-electron chi connectivity index (χ3n) is 4.65. The number of halogens is 1. The third-order valence-corrected chi connectivity index (χ3v) is 6.73. The minimum Gasteiger partial charge on any atom is -0.374 e. The fourth-order valence-corrected chi connectivity index (χ4v) is 5.59. The molecule has 2 saturated heterocycles. The van der Waals surface area contributed by atoms with E-state index in [-0.39, 0.29) is 11.4 Å². The SMILES string of the molecule is Fc1ccccc1Cc1nnc(NC2CCOC3(CCSC3)C2)s1. The van der Waals surface area contributed by atoms with Crippen LogP contribution in [0.3, 0.4) is 0 Å². The third kappa shape index (κ3) is 3.58. The van der Waals surface area contributed by atoms with Gasteiger partial charge in [-0.05, 0) is 36.6 Å². The Morgan fingerprint density at radius 1 is 1.33 bits per heavy atom. The highest BCUT2D eigenvalue weighted by Gasteiger charge is 2.40. The molecule has 1 N–H and O–H groups in total. The number of anilines is 1. The van der Waals surface area contributed by atoms with Crippen molar-refractivity contribution in [3.05, 3.63) is 40.7 Å². The molecule has 24 heavy (non-hydrogen) atoms. The molecule has 2 unspecified atom stereocenters. The number of hydrogen-bond donors (Lipinski definition) is 1. The van der Waals surface area contributed by atoms with Crippen molar-refractivity contribution in [3.63, 3.8) is 0 Å². The Hall–Kier alpha value is -1.18. The van der Waals surface area contributed by atoms with Gasteiger partial charge >= 0.3 is 0 Å². The molecule has 4 rings (SSSR count). The molecule has 1 aromatic heterocycles. The summed E-state index contributed by atoms with van der Waals surface area (Å²) in [5, 5.41) is 13.6. The van der Waals surface area contributed by atoms with E-state index in [1.54, 1.807) is 12.1 Å². The van der Waals surface area contributed by atoms with Gasteiger partial charge in [0.2, 0.25) is 5.13 Å². The molecule has 0 bridgehead atoms. The van der Waals surface area contributed by atoms with Gasteiger partial charge in [-0.2, -0.15) is 11.8 Å². The smallest absolute Gasteiger partial charge is 0.205 e. The van der Waals surface area contributed by atoms with Crippen LogP contribution < -0.4 is 5.32 Å². The lowest BCUT2D eigenvalue weighted by Gasteiger charge is -2.37. The van der Waals surface area contributed by atoms with Crippen LogP contribution in [0.2, 0.25) is 0 Å². The van der Waals surface area contributed by atoms with E-state index in [0.29, 0.717) is 18.0 Å². The molecule has 4 nitrogen and oxygen atoms in total. The van der Waals surface area contributed by atoms with Crippen LogP contribution in [0.4, 0.5) is 9.52 Å². The van der Waals surface area contributed by atoms with Crippen LogP contribution in [-0.4, -0.2) is 40.0 Å². The van der Waals surface area contributed by atoms with Gasteiger partial charge in [0, 0.05) is 24.8 Å². The first kappa shape index (κ1) is 16.3. The number of ether oxygens (including phenoxy) is 1. The minimum atomic E-state index is -0.188. The molecule has 128 valence electrons. The molecule has 0 saturated carbocycles. The summed E-state index contributed by atoms with van der Waals surface area (Å²) in [4.78, 5) is 0. The first-order chi connectivity index (χ1) is 11.7. The number of thioether (sulfide) groups is 1. The summed E-state index contributed by atoms with van der Waals surface area (Å²) in [6, 6.07) is 7.21. The lowest BCUT2D eigenvalue weighted by atomic mass is 9.90. The van der Waals surface area contributed by atoms with Gasteiger partial charge in [-0.3, -0.25) is 0 Å². The van der Waals surface area contributed by atoms with E-state index in [1.165, 1.54) is 23.2 Å². The van der Waals surface area contributed by atoms with Crippen molar-refractivity contribution in [1.82, 2.24) is 10.2 Å². The normalized spacial score (nSPS) is 26.8. The molecule has 3 heterocycles. The summed E-state index contributed by atoms with van der Waals surface area (Å²) in [6.45, 7) is 0.805. The van der Waals surface area contributed by atoms with E-state index in [9.17, 15) is 4.39 Å². The fourth-order valence-electron chi connectivity index (χ4n) is 3.38. The number of rotatable bonds is 4. The van der Waals surface area contributed by atoms with Crippen molar-refractivity contribution in [1.29, 1.82) is 0 Å². The average Bonchev–Trinajstić information content (AvgIpc) is 3.20. The van der Waals surface area contributed by atoms with E-state index in [2.05, 4.69) is 15.5 Å². The molecular formula is C17H20FN3OS2. The van der Waals surface area contributed by atoms with E-state index >= 15 is 0 Å². The Morgan fingerprint density at radius 3 is 3.08 bits per heavy atom. The number of nitrogens with zero attached hydrogens (tertiary/aromatic N) is 2. The number of aromatic nitrogens is 2. The second-order valence-electron chi connectivity index (χ2n) is 6.44. The van der Waals surface area contributed by atoms with Crippen LogP contribution in [0.15, 0.2) is 24.3 Å². The Kier molecular flexibility index (Phi) is 4.74. The van der Waals surface area contributed by atoms with Crippen molar-refractivity contribution < 1.29 is 9.13 Å².